The lowest BCUT2D eigenvalue weighted by atomic mass is 10.1. The second-order valence-corrected chi connectivity index (χ2v) is 7.89. The lowest BCUT2D eigenvalue weighted by Gasteiger charge is -2.13. The van der Waals surface area contributed by atoms with E-state index < -0.39 is 5.97 Å². The van der Waals surface area contributed by atoms with Gasteiger partial charge >= 0.3 is 11.9 Å². The summed E-state index contributed by atoms with van der Waals surface area (Å²) >= 11 is 0. The zero-order valence-corrected chi connectivity index (χ0v) is 17.7. The van der Waals surface area contributed by atoms with Crippen molar-refractivity contribution in [2.45, 2.75) is 26.2 Å². The highest BCUT2D eigenvalue weighted by molar-refractivity contribution is 6.71. The Bertz CT molecular complexity index is 1350. The minimum Gasteiger partial charge on any atom is -0.505 e. The summed E-state index contributed by atoms with van der Waals surface area (Å²) in [4.78, 5) is 24.0. The van der Waals surface area contributed by atoms with Crippen molar-refractivity contribution in [1.82, 2.24) is 0 Å². The lowest BCUT2D eigenvalue weighted by Crippen LogP contribution is -2.28. The van der Waals surface area contributed by atoms with Crippen LogP contribution < -0.4 is 10.4 Å². The first-order valence-electron chi connectivity index (χ1n) is 10.4. The number of nitrogens with zero attached hydrogens (tertiary/aromatic N) is 3. The van der Waals surface area contributed by atoms with Gasteiger partial charge < -0.3 is 14.6 Å². The number of aromatic carboxylic acids is 1. The van der Waals surface area contributed by atoms with Gasteiger partial charge in [-0.1, -0.05) is 18.2 Å². The number of rotatable bonds is 5. The molecule has 0 bridgehead atoms. The number of phenolic OH excluding ortho intramolecular Hbond substituents is 1. The zero-order chi connectivity index (χ0) is 23.1. The van der Waals surface area contributed by atoms with E-state index in [2.05, 4.69) is 15.6 Å². The number of aryl methyl sites for hydroxylation is 2. The van der Waals surface area contributed by atoms with Crippen LogP contribution in [0.1, 0.15) is 35.0 Å². The number of carbonyl (C=O) groups excluding carboxylic acids is 1. The number of hydrazone groups is 2. The SMILES string of the molecule is CC1=NN(c2ccc3c(c2)CCC3)C(=O)/C1=N\Nc1cccc(-c2coc(C(=O)O)c2)c1O. The maximum absolute atomic E-state index is 13.0. The first-order valence-corrected chi connectivity index (χ1v) is 10.4. The Labute approximate surface area is 188 Å². The third kappa shape index (κ3) is 3.63. The van der Waals surface area contributed by atoms with Crippen LogP contribution >= 0.6 is 0 Å². The smallest absolute Gasteiger partial charge is 0.371 e. The molecule has 1 amide bonds. The maximum Gasteiger partial charge on any atom is 0.371 e. The molecule has 0 saturated heterocycles. The first-order chi connectivity index (χ1) is 15.9. The Hall–Kier alpha value is -4.40. The van der Waals surface area contributed by atoms with Crippen LogP contribution in [0.2, 0.25) is 0 Å². The molecule has 0 spiro atoms. The number of phenols is 1. The van der Waals surface area contributed by atoms with Gasteiger partial charge in [0.2, 0.25) is 5.76 Å². The predicted molar refractivity (Wildman–Crippen MR) is 123 cm³/mol. The van der Waals surface area contributed by atoms with Crippen molar-refractivity contribution in [3.05, 3.63) is 65.6 Å². The van der Waals surface area contributed by atoms with E-state index in [0.717, 1.165) is 19.3 Å². The number of furan rings is 1. The van der Waals surface area contributed by atoms with Crippen LogP contribution in [0, 0.1) is 0 Å². The van der Waals surface area contributed by atoms with Crippen LogP contribution in [-0.2, 0) is 17.6 Å². The molecule has 166 valence electrons. The number of benzene rings is 2. The van der Waals surface area contributed by atoms with Crippen LogP contribution in [0.25, 0.3) is 11.1 Å². The molecule has 0 atom stereocenters. The number of nitrogens with one attached hydrogen (secondary N) is 1. The normalized spacial score (nSPS) is 16.3. The van der Waals surface area contributed by atoms with E-state index in [1.54, 1.807) is 25.1 Å². The van der Waals surface area contributed by atoms with Gasteiger partial charge in [-0.15, -0.1) is 0 Å². The van der Waals surface area contributed by atoms with Crippen molar-refractivity contribution < 1.29 is 24.2 Å². The monoisotopic (exact) mass is 444 g/mol. The number of para-hydroxylation sites is 1. The molecule has 9 nitrogen and oxygen atoms in total. The fourth-order valence-electron chi connectivity index (χ4n) is 4.06. The van der Waals surface area contributed by atoms with Crippen molar-refractivity contribution in [1.29, 1.82) is 0 Å². The molecule has 0 fully saturated rings. The molecule has 0 radical (unpaired) electrons. The molecular weight excluding hydrogens is 424 g/mol. The maximum atomic E-state index is 13.0. The average molecular weight is 444 g/mol. The highest BCUT2D eigenvalue weighted by Crippen LogP contribution is 2.36. The number of fused-ring (bicyclic) bond motifs is 1. The molecule has 1 aliphatic heterocycles. The van der Waals surface area contributed by atoms with Gasteiger partial charge in [0.15, 0.2) is 5.71 Å². The van der Waals surface area contributed by atoms with Gasteiger partial charge in [0.25, 0.3) is 0 Å². The number of hydrogen-bond donors (Lipinski definition) is 3. The summed E-state index contributed by atoms with van der Waals surface area (Å²) in [6.07, 6.45) is 4.42. The van der Waals surface area contributed by atoms with Crippen molar-refractivity contribution >= 4 is 34.7 Å². The van der Waals surface area contributed by atoms with Crippen molar-refractivity contribution in [3.63, 3.8) is 0 Å². The molecule has 3 aromatic rings. The number of hydrogen-bond acceptors (Lipinski definition) is 7. The Kier molecular flexibility index (Phi) is 4.93. The summed E-state index contributed by atoms with van der Waals surface area (Å²) in [5, 5.41) is 29.6. The number of anilines is 2. The van der Waals surface area contributed by atoms with Gasteiger partial charge in [0, 0.05) is 11.1 Å². The third-order valence-corrected chi connectivity index (χ3v) is 5.76. The molecule has 5 rings (SSSR count). The Morgan fingerprint density at radius 3 is 2.79 bits per heavy atom. The number of carboxylic acids is 1. The number of carboxylic acid groups (broad SMARTS) is 1. The Balaban J connectivity index is 1.39. The molecule has 1 aliphatic carbocycles. The molecule has 0 saturated carbocycles. The highest BCUT2D eigenvalue weighted by Gasteiger charge is 2.31. The van der Waals surface area contributed by atoms with Crippen LogP contribution in [0.15, 0.2) is 63.3 Å². The molecule has 1 aromatic heterocycles. The molecular formula is C24H20N4O5. The molecule has 9 heteroatoms. The highest BCUT2D eigenvalue weighted by atomic mass is 16.4. The van der Waals surface area contributed by atoms with Crippen LogP contribution in [0.4, 0.5) is 11.4 Å². The van der Waals surface area contributed by atoms with Crippen molar-refractivity contribution in [2.75, 3.05) is 10.4 Å². The van der Waals surface area contributed by atoms with Crippen molar-refractivity contribution in [2.24, 2.45) is 10.2 Å². The zero-order valence-electron chi connectivity index (χ0n) is 17.7. The fraction of sp³-hybridized carbons (Fsp3) is 0.167. The summed E-state index contributed by atoms with van der Waals surface area (Å²) in [6, 6.07) is 12.1. The summed E-state index contributed by atoms with van der Waals surface area (Å²) in [5.41, 5.74) is 7.57. The van der Waals surface area contributed by atoms with Crippen LogP contribution in [0.5, 0.6) is 5.75 Å². The average Bonchev–Trinajstić information content (AvgIpc) is 3.52. The van der Waals surface area contributed by atoms with Crippen molar-refractivity contribution in [3.8, 4) is 16.9 Å². The van der Waals surface area contributed by atoms with Crippen LogP contribution in [-0.4, -0.2) is 33.5 Å². The first kappa shape index (κ1) is 20.5. The van der Waals surface area contributed by atoms with E-state index in [9.17, 15) is 14.7 Å². The lowest BCUT2D eigenvalue weighted by molar-refractivity contribution is -0.112. The van der Waals surface area contributed by atoms with Gasteiger partial charge in [-0.2, -0.15) is 15.2 Å². The van der Waals surface area contributed by atoms with E-state index in [0.29, 0.717) is 22.5 Å². The summed E-state index contributed by atoms with van der Waals surface area (Å²) in [6.45, 7) is 1.70. The summed E-state index contributed by atoms with van der Waals surface area (Å²) in [7, 11) is 0. The van der Waals surface area contributed by atoms with E-state index in [1.807, 2.05) is 18.2 Å². The second-order valence-electron chi connectivity index (χ2n) is 7.89. The van der Waals surface area contributed by atoms with E-state index in [1.165, 1.54) is 28.5 Å². The van der Waals surface area contributed by atoms with Gasteiger partial charge in [-0.25, -0.2) is 4.79 Å². The number of aromatic hydroxyl groups is 1. The van der Waals surface area contributed by atoms with Gasteiger partial charge in [-0.3, -0.25) is 10.2 Å². The Morgan fingerprint density at radius 2 is 2.00 bits per heavy atom. The van der Waals surface area contributed by atoms with Gasteiger partial charge in [0.05, 0.1) is 23.3 Å². The topological polar surface area (TPSA) is 128 Å². The summed E-state index contributed by atoms with van der Waals surface area (Å²) in [5.74, 6) is -1.97. The molecule has 2 aromatic carbocycles. The quantitative estimate of drug-likeness (QED) is 0.403. The van der Waals surface area contributed by atoms with E-state index >= 15 is 0 Å². The predicted octanol–water partition coefficient (Wildman–Crippen LogP) is 4.03. The second kappa shape index (κ2) is 7.94. The van der Waals surface area contributed by atoms with Gasteiger partial charge in [0.1, 0.15) is 5.75 Å². The van der Waals surface area contributed by atoms with Crippen LogP contribution in [0.3, 0.4) is 0 Å². The molecule has 2 heterocycles. The number of amides is 1. The number of carbonyl (C=O) groups is 2. The van der Waals surface area contributed by atoms with E-state index in [-0.39, 0.29) is 28.8 Å². The summed E-state index contributed by atoms with van der Waals surface area (Å²) < 4.78 is 5.00. The van der Waals surface area contributed by atoms with E-state index in [4.69, 9.17) is 9.52 Å². The molecule has 2 aliphatic rings. The largest absolute Gasteiger partial charge is 0.505 e. The Morgan fingerprint density at radius 1 is 1.18 bits per heavy atom. The molecule has 0 unspecified atom stereocenters. The molecule has 33 heavy (non-hydrogen) atoms. The third-order valence-electron chi connectivity index (χ3n) is 5.76. The minimum atomic E-state index is -1.20. The molecule has 3 N–H and O–H groups in total. The van der Waals surface area contributed by atoms with Gasteiger partial charge in [-0.05, 0) is 61.6 Å². The standard InChI is InChI=1S/C24H20N4O5/c1-13-21(23(30)28(27-13)17-9-8-14-4-2-5-15(14)10-17)26-25-19-7-3-6-18(22(19)29)16-11-20(24(31)32)33-12-16/h3,6-12,25,29H,2,4-5H2,1H3,(H,31,32)/b26-21-. The minimum absolute atomic E-state index is 0.136. The fourth-order valence-corrected chi connectivity index (χ4v) is 4.06.